The van der Waals surface area contributed by atoms with E-state index in [0.717, 1.165) is 36.6 Å². The Hall–Kier alpha value is -2.23. The largest absolute Gasteiger partial charge is 0.481 e. The molecule has 1 aliphatic rings. The number of nitrogens with zero attached hydrogens (tertiary/aromatic N) is 2. The molecule has 4 heteroatoms. The summed E-state index contributed by atoms with van der Waals surface area (Å²) in [7, 11) is 0. The average Bonchev–Trinajstić information content (AvgIpc) is 3.44. The highest BCUT2D eigenvalue weighted by atomic mass is 16.4. The van der Waals surface area contributed by atoms with E-state index in [0.29, 0.717) is 6.42 Å². The smallest absolute Gasteiger partial charge is 0.303 e. The highest BCUT2D eigenvalue weighted by Crippen LogP contribution is 2.34. The molecule has 1 aromatic carbocycles. The van der Waals surface area contributed by atoms with Crippen molar-refractivity contribution in [3.8, 4) is 11.4 Å². The molecule has 1 heterocycles. The van der Waals surface area contributed by atoms with Crippen molar-refractivity contribution in [1.82, 2.24) is 9.97 Å². The number of aliphatic carboxylic acids is 1. The SMILES string of the molecule is CCCCCCCCC(=O)O.CCCCCCCCc1cnc(-c2ccc(C3CCCC3)cc2)nc1. The van der Waals surface area contributed by atoms with Crippen molar-refractivity contribution in [3.05, 3.63) is 47.8 Å². The second-order valence-corrected chi connectivity index (χ2v) is 10.4. The lowest BCUT2D eigenvalue weighted by atomic mass is 9.96. The quantitative estimate of drug-likeness (QED) is 0.236. The summed E-state index contributed by atoms with van der Waals surface area (Å²) in [5, 5.41) is 8.32. The number of carboxylic acids is 1. The zero-order valence-electron chi connectivity index (χ0n) is 23.0. The number of hydrogen-bond acceptors (Lipinski definition) is 3. The molecule has 0 saturated heterocycles. The number of hydrogen-bond donors (Lipinski definition) is 1. The molecule has 0 atom stereocenters. The molecular formula is C32H50N2O2. The van der Waals surface area contributed by atoms with Crippen molar-refractivity contribution in [1.29, 1.82) is 0 Å². The van der Waals surface area contributed by atoms with Gasteiger partial charge in [0.1, 0.15) is 0 Å². The Labute approximate surface area is 220 Å². The molecule has 1 aromatic heterocycles. The molecule has 0 radical (unpaired) electrons. The van der Waals surface area contributed by atoms with Gasteiger partial charge in [-0.2, -0.15) is 0 Å². The Kier molecular flexibility index (Phi) is 15.8. The fourth-order valence-electron chi connectivity index (χ4n) is 4.96. The second-order valence-electron chi connectivity index (χ2n) is 10.4. The molecule has 1 aliphatic carbocycles. The van der Waals surface area contributed by atoms with Gasteiger partial charge in [-0.1, -0.05) is 115 Å². The van der Waals surface area contributed by atoms with Crippen LogP contribution in [0.2, 0.25) is 0 Å². The number of carbonyl (C=O) groups is 1. The van der Waals surface area contributed by atoms with Crippen LogP contribution in [0, 0.1) is 0 Å². The third-order valence-corrected chi connectivity index (χ3v) is 7.26. The van der Waals surface area contributed by atoms with E-state index in [-0.39, 0.29) is 0 Å². The van der Waals surface area contributed by atoms with E-state index in [1.165, 1.54) is 101 Å². The lowest BCUT2D eigenvalue weighted by Crippen LogP contribution is -1.95. The van der Waals surface area contributed by atoms with Gasteiger partial charge in [0.2, 0.25) is 0 Å². The molecule has 1 N–H and O–H groups in total. The topological polar surface area (TPSA) is 63.1 Å². The van der Waals surface area contributed by atoms with Crippen LogP contribution in [0.1, 0.15) is 140 Å². The first kappa shape index (κ1) is 30.0. The van der Waals surface area contributed by atoms with Crippen LogP contribution in [0.15, 0.2) is 36.7 Å². The van der Waals surface area contributed by atoms with Crippen molar-refractivity contribution >= 4 is 5.97 Å². The Bertz CT molecular complexity index is 811. The van der Waals surface area contributed by atoms with Crippen LogP contribution in [-0.2, 0) is 11.2 Å². The average molecular weight is 495 g/mol. The Morgan fingerprint density at radius 2 is 1.31 bits per heavy atom. The fraction of sp³-hybridized carbons (Fsp3) is 0.656. The van der Waals surface area contributed by atoms with Crippen molar-refractivity contribution < 1.29 is 9.90 Å². The lowest BCUT2D eigenvalue weighted by molar-refractivity contribution is -0.137. The highest BCUT2D eigenvalue weighted by molar-refractivity contribution is 5.66. The maximum atomic E-state index is 10.1. The van der Waals surface area contributed by atoms with Crippen LogP contribution in [-0.4, -0.2) is 21.0 Å². The summed E-state index contributed by atoms with van der Waals surface area (Å²) < 4.78 is 0. The molecule has 2 aromatic rings. The number of aromatic nitrogens is 2. The molecule has 0 aliphatic heterocycles. The number of carboxylic acid groups (broad SMARTS) is 1. The molecule has 3 rings (SSSR count). The van der Waals surface area contributed by atoms with Gasteiger partial charge in [0, 0.05) is 24.4 Å². The monoisotopic (exact) mass is 494 g/mol. The van der Waals surface area contributed by atoms with Crippen LogP contribution in [0.25, 0.3) is 11.4 Å². The minimum Gasteiger partial charge on any atom is -0.481 e. The third-order valence-electron chi connectivity index (χ3n) is 7.26. The van der Waals surface area contributed by atoms with Crippen LogP contribution >= 0.6 is 0 Å². The second kappa shape index (κ2) is 19.0. The molecule has 0 amide bonds. The third kappa shape index (κ3) is 12.6. The van der Waals surface area contributed by atoms with Gasteiger partial charge >= 0.3 is 5.97 Å². The van der Waals surface area contributed by atoms with Crippen LogP contribution < -0.4 is 0 Å². The first-order valence-electron chi connectivity index (χ1n) is 14.8. The van der Waals surface area contributed by atoms with E-state index in [4.69, 9.17) is 5.11 Å². The summed E-state index contributed by atoms with van der Waals surface area (Å²) >= 11 is 0. The predicted molar refractivity (Wildman–Crippen MR) is 151 cm³/mol. The van der Waals surface area contributed by atoms with Gasteiger partial charge in [-0.15, -0.1) is 0 Å². The van der Waals surface area contributed by atoms with Gasteiger partial charge in [-0.3, -0.25) is 4.79 Å². The van der Waals surface area contributed by atoms with Crippen LogP contribution in [0.5, 0.6) is 0 Å². The van der Waals surface area contributed by atoms with Gasteiger partial charge in [0.15, 0.2) is 5.82 Å². The standard InChI is InChI=1S/C23H32N2.C9H18O2/c1-2-3-4-5-6-7-10-19-17-24-23(25-18-19)22-15-13-21(14-16-22)20-11-8-9-12-20;1-2-3-4-5-6-7-8-9(10)11/h13-18,20H,2-12H2,1H3;2-8H2,1H3,(H,10,11). The van der Waals surface area contributed by atoms with Gasteiger partial charge in [0.05, 0.1) is 0 Å². The number of aryl methyl sites for hydroxylation is 1. The van der Waals surface area contributed by atoms with Crippen molar-refractivity contribution in [2.75, 3.05) is 0 Å². The van der Waals surface area contributed by atoms with Crippen molar-refractivity contribution in [2.24, 2.45) is 0 Å². The van der Waals surface area contributed by atoms with Crippen LogP contribution in [0.4, 0.5) is 0 Å². The summed E-state index contributed by atoms with van der Waals surface area (Å²) in [6, 6.07) is 8.94. The summed E-state index contributed by atoms with van der Waals surface area (Å²) in [4.78, 5) is 19.3. The van der Waals surface area contributed by atoms with Crippen LogP contribution in [0.3, 0.4) is 0 Å². The first-order valence-corrected chi connectivity index (χ1v) is 14.8. The number of rotatable bonds is 16. The van der Waals surface area contributed by atoms with E-state index in [9.17, 15) is 4.79 Å². The van der Waals surface area contributed by atoms with E-state index < -0.39 is 5.97 Å². The molecule has 1 saturated carbocycles. The normalized spacial score (nSPS) is 13.4. The molecule has 4 nitrogen and oxygen atoms in total. The Morgan fingerprint density at radius 1 is 0.778 bits per heavy atom. The summed E-state index contributed by atoms with van der Waals surface area (Å²) in [6.07, 6.45) is 25.9. The highest BCUT2D eigenvalue weighted by Gasteiger charge is 2.16. The first-order chi connectivity index (χ1) is 17.6. The molecule has 200 valence electrons. The van der Waals surface area contributed by atoms with Gasteiger partial charge < -0.3 is 5.11 Å². The number of benzene rings is 1. The predicted octanol–water partition coefficient (Wildman–Crippen LogP) is 9.53. The molecular weight excluding hydrogens is 444 g/mol. The Morgan fingerprint density at radius 3 is 1.86 bits per heavy atom. The van der Waals surface area contributed by atoms with Crippen molar-refractivity contribution in [2.45, 2.75) is 135 Å². The van der Waals surface area contributed by atoms with E-state index in [1.54, 1.807) is 0 Å². The molecule has 0 unspecified atom stereocenters. The fourth-order valence-corrected chi connectivity index (χ4v) is 4.96. The lowest BCUT2D eigenvalue weighted by Gasteiger charge is -2.10. The molecule has 0 spiro atoms. The molecule has 36 heavy (non-hydrogen) atoms. The number of unbranched alkanes of at least 4 members (excludes halogenated alkanes) is 10. The summed E-state index contributed by atoms with van der Waals surface area (Å²) in [5.74, 6) is 0.958. The molecule has 1 fully saturated rings. The zero-order valence-corrected chi connectivity index (χ0v) is 23.0. The maximum absolute atomic E-state index is 10.1. The van der Waals surface area contributed by atoms with Gasteiger partial charge in [-0.05, 0) is 49.1 Å². The van der Waals surface area contributed by atoms with E-state index >= 15 is 0 Å². The minimum atomic E-state index is -0.666. The molecule has 0 bridgehead atoms. The summed E-state index contributed by atoms with van der Waals surface area (Å²) in [5.41, 5.74) is 3.88. The zero-order chi connectivity index (χ0) is 25.8. The van der Waals surface area contributed by atoms with E-state index in [1.807, 2.05) is 12.4 Å². The van der Waals surface area contributed by atoms with E-state index in [2.05, 4.69) is 48.1 Å². The minimum absolute atomic E-state index is 0.339. The van der Waals surface area contributed by atoms with Gasteiger partial charge in [0.25, 0.3) is 0 Å². The van der Waals surface area contributed by atoms with Crippen molar-refractivity contribution in [3.63, 3.8) is 0 Å². The summed E-state index contributed by atoms with van der Waals surface area (Å²) in [6.45, 7) is 4.44. The Balaban J connectivity index is 0.000000352. The van der Waals surface area contributed by atoms with Gasteiger partial charge in [-0.25, -0.2) is 9.97 Å². The maximum Gasteiger partial charge on any atom is 0.303 e.